The zero-order chi connectivity index (χ0) is 30.7. The van der Waals surface area contributed by atoms with Gasteiger partial charge >= 0.3 is 0 Å². The number of aliphatic imine (C=N–C) groups is 1. The van der Waals surface area contributed by atoms with Crippen LogP contribution in [0.5, 0.6) is 5.75 Å². The summed E-state index contributed by atoms with van der Waals surface area (Å²) in [4.78, 5) is 14.0. The van der Waals surface area contributed by atoms with Crippen LogP contribution in [0, 0.1) is 11.7 Å². The number of aromatic nitrogens is 2. The molecule has 0 amide bonds. The molecule has 4 rings (SSSR count). The molecule has 0 aliphatic heterocycles. The van der Waals surface area contributed by atoms with E-state index in [0.717, 1.165) is 48.3 Å². The number of nitrogens with zero attached hydrogens (tertiary/aromatic N) is 3. The number of halogens is 1. The summed E-state index contributed by atoms with van der Waals surface area (Å²) in [6.45, 7) is 6.56. The van der Waals surface area contributed by atoms with Crippen LogP contribution in [-0.4, -0.2) is 36.6 Å². The molecule has 1 fully saturated rings. The number of allylic oxidation sites excluding steroid dienone is 1. The van der Waals surface area contributed by atoms with Gasteiger partial charge in [-0.25, -0.2) is 9.38 Å². The first-order valence-electron chi connectivity index (χ1n) is 14.4. The quantitative estimate of drug-likeness (QED) is 0.148. The molecule has 5 N–H and O–H groups in total. The molecule has 1 aromatic heterocycles. The zero-order valence-electron chi connectivity index (χ0n) is 25.1. The molecule has 1 saturated carbocycles. The second-order valence-electron chi connectivity index (χ2n) is 10.1. The second-order valence-corrected chi connectivity index (χ2v) is 10.1. The molecule has 0 bridgehead atoms. The van der Waals surface area contributed by atoms with Crippen LogP contribution in [0.3, 0.4) is 0 Å². The van der Waals surface area contributed by atoms with E-state index < -0.39 is 0 Å². The number of hydrogen-bond donors (Lipinski definition) is 3. The Bertz CT molecular complexity index is 1250. The van der Waals surface area contributed by atoms with Gasteiger partial charge in [0, 0.05) is 25.1 Å². The fourth-order valence-electron chi connectivity index (χ4n) is 4.77. The monoisotopic (exact) mass is 580 g/mol. The van der Waals surface area contributed by atoms with Crippen molar-refractivity contribution in [1.29, 1.82) is 0 Å². The van der Waals surface area contributed by atoms with Crippen LogP contribution in [0.4, 0.5) is 4.39 Å². The first kappa shape index (κ1) is 34.2. The summed E-state index contributed by atoms with van der Waals surface area (Å²) in [6.07, 6.45) is 12.6. The third-order valence-corrected chi connectivity index (χ3v) is 6.85. The van der Waals surface area contributed by atoms with E-state index >= 15 is 0 Å². The van der Waals surface area contributed by atoms with Crippen molar-refractivity contribution >= 4 is 12.2 Å². The van der Waals surface area contributed by atoms with Gasteiger partial charge in [0.05, 0.1) is 12.7 Å². The van der Waals surface area contributed by atoms with Gasteiger partial charge in [0.15, 0.2) is 5.96 Å². The smallest absolute Gasteiger partial charge is 0.250 e. The van der Waals surface area contributed by atoms with E-state index in [-0.39, 0.29) is 17.7 Å². The third kappa shape index (κ3) is 12.2. The van der Waals surface area contributed by atoms with Gasteiger partial charge in [-0.3, -0.25) is 0 Å². The molecule has 3 aromatic rings. The van der Waals surface area contributed by atoms with Crippen molar-refractivity contribution in [3.8, 4) is 17.2 Å². The Labute approximate surface area is 248 Å². The summed E-state index contributed by atoms with van der Waals surface area (Å²) < 4.78 is 23.7. The molecule has 9 nitrogen and oxygen atoms in total. The molecular formula is C32H45FN6O3. The van der Waals surface area contributed by atoms with Crippen molar-refractivity contribution in [3.63, 3.8) is 0 Å². The summed E-state index contributed by atoms with van der Waals surface area (Å²) >= 11 is 0. The van der Waals surface area contributed by atoms with Crippen LogP contribution in [0.15, 0.2) is 64.5 Å². The van der Waals surface area contributed by atoms with Gasteiger partial charge in [-0.2, -0.15) is 0 Å². The van der Waals surface area contributed by atoms with E-state index in [0.29, 0.717) is 24.2 Å². The number of hydrogen-bond acceptors (Lipinski definition) is 7. The normalized spacial score (nSPS) is 12.7. The number of carbonyl (C=O) groups excluding carboxylic acids is 1. The van der Waals surface area contributed by atoms with Crippen molar-refractivity contribution in [2.24, 2.45) is 22.4 Å². The Hall–Kier alpha value is -4.05. The fraction of sp³-hybridized carbons (Fsp3) is 0.438. The van der Waals surface area contributed by atoms with E-state index in [4.69, 9.17) is 20.6 Å². The topological polar surface area (TPSA) is 142 Å². The molecule has 1 aliphatic carbocycles. The minimum Gasteiger partial charge on any atom is -0.496 e. The molecule has 42 heavy (non-hydrogen) atoms. The molecule has 10 heteroatoms. The number of guanidine groups is 1. The van der Waals surface area contributed by atoms with Crippen LogP contribution in [0.1, 0.15) is 68.6 Å². The summed E-state index contributed by atoms with van der Waals surface area (Å²) in [7, 11) is 3.50. The van der Waals surface area contributed by atoms with E-state index in [1.807, 2.05) is 19.2 Å². The Morgan fingerprint density at radius 2 is 1.93 bits per heavy atom. The number of methoxy groups -OCH3 is 1. The first-order valence-corrected chi connectivity index (χ1v) is 14.4. The average molecular weight is 581 g/mol. The lowest BCUT2D eigenvalue weighted by atomic mass is 9.86. The third-order valence-electron chi connectivity index (χ3n) is 6.85. The minimum absolute atomic E-state index is 0.0344. The van der Waals surface area contributed by atoms with Gasteiger partial charge in [0.1, 0.15) is 17.9 Å². The lowest BCUT2D eigenvalue weighted by Gasteiger charge is -2.19. The van der Waals surface area contributed by atoms with Crippen LogP contribution in [0.2, 0.25) is 0 Å². The number of aryl methyl sites for hydroxylation is 1. The summed E-state index contributed by atoms with van der Waals surface area (Å²) in [5, 5.41) is 10.2. The van der Waals surface area contributed by atoms with Crippen LogP contribution in [-0.2, 0) is 24.2 Å². The highest BCUT2D eigenvalue weighted by molar-refractivity contribution is 5.76. The van der Waals surface area contributed by atoms with E-state index in [1.165, 1.54) is 50.1 Å². The summed E-state index contributed by atoms with van der Waals surface area (Å²) in [5.74, 6) is 1.64. The SMILES string of the molecule is C=C(Cc1ccc(CC)c(OC)c1)N=C(N)N.CNCc1ccc(F)c(-c2nnco2)c1.O=CCCC1CCCCC1. The van der Waals surface area contributed by atoms with Crippen molar-refractivity contribution in [2.45, 2.75) is 71.3 Å². The van der Waals surface area contributed by atoms with Crippen LogP contribution >= 0.6 is 0 Å². The molecule has 0 spiro atoms. The summed E-state index contributed by atoms with van der Waals surface area (Å²) in [5.41, 5.74) is 14.8. The number of benzene rings is 2. The highest BCUT2D eigenvalue weighted by atomic mass is 19.1. The highest BCUT2D eigenvalue weighted by Gasteiger charge is 2.12. The molecule has 0 saturated heterocycles. The van der Waals surface area contributed by atoms with Gasteiger partial charge in [0.25, 0.3) is 0 Å². The number of rotatable bonds is 11. The minimum atomic E-state index is -0.362. The Kier molecular flexibility index (Phi) is 15.6. The molecule has 0 unspecified atom stereocenters. The molecular weight excluding hydrogens is 535 g/mol. The van der Waals surface area contributed by atoms with Crippen molar-refractivity contribution in [1.82, 2.24) is 15.5 Å². The molecule has 1 heterocycles. The Morgan fingerprint density at radius 3 is 2.52 bits per heavy atom. The number of nitrogens with one attached hydrogen (secondary N) is 1. The van der Waals surface area contributed by atoms with Crippen molar-refractivity contribution in [2.75, 3.05) is 14.2 Å². The zero-order valence-corrected chi connectivity index (χ0v) is 25.1. The van der Waals surface area contributed by atoms with Gasteiger partial charge in [0.2, 0.25) is 12.3 Å². The van der Waals surface area contributed by atoms with Crippen molar-refractivity contribution in [3.05, 3.63) is 77.6 Å². The van der Waals surface area contributed by atoms with Gasteiger partial charge in [-0.1, -0.05) is 63.8 Å². The molecule has 0 radical (unpaired) electrons. The standard InChI is InChI=1S/C13H19N3O.C10H10FN3O.C9H16O/c1-4-11-6-5-10(8-12(11)17-3)7-9(2)16-13(14)15;1-12-5-7-2-3-9(11)8(4-7)10-14-13-6-15-10;10-8-4-7-9-5-2-1-3-6-9/h5-6,8H,2,4,7H2,1,3H3,(H4,14,15,16);2-4,6,12H,5H2,1H3;8-9H,1-7H2. The van der Waals surface area contributed by atoms with E-state index in [9.17, 15) is 9.18 Å². The maximum Gasteiger partial charge on any atom is 0.250 e. The Morgan fingerprint density at radius 1 is 1.19 bits per heavy atom. The first-order chi connectivity index (χ1) is 20.3. The molecule has 1 aliphatic rings. The maximum absolute atomic E-state index is 13.4. The second kappa shape index (κ2) is 19.1. The summed E-state index contributed by atoms with van der Waals surface area (Å²) in [6, 6.07) is 10.9. The van der Waals surface area contributed by atoms with E-state index in [2.05, 4.69) is 40.1 Å². The maximum atomic E-state index is 13.4. The number of ether oxygens (including phenoxy) is 1. The van der Waals surface area contributed by atoms with Gasteiger partial charge in [-0.05, 0) is 60.7 Å². The lowest BCUT2D eigenvalue weighted by molar-refractivity contribution is -0.108. The predicted molar refractivity (Wildman–Crippen MR) is 165 cm³/mol. The number of nitrogens with two attached hydrogens (primary N) is 2. The fourth-order valence-corrected chi connectivity index (χ4v) is 4.77. The molecule has 0 atom stereocenters. The van der Waals surface area contributed by atoms with Crippen LogP contribution in [0.25, 0.3) is 11.5 Å². The van der Waals surface area contributed by atoms with Gasteiger partial charge in [-0.15, -0.1) is 10.2 Å². The van der Waals surface area contributed by atoms with Crippen LogP contribution < -0.4 is 21.5 Å². The predicted octanol–water partition coefficient (Wildman–Crippen LogP) is 5.73. The molecule has 228 valence electrons. The highest BCUT2D eigenvalue weighted by Crippen LogP contribution is 2.27. The van der Waals surface area contributed by atoms with E-state index in [1.54, 1.807) is 19.2 Å². The van der Waals surface area contributed by atoms with Crippen molar-refractivity contribution < 1.29 is 18.3 Å². The Balaban J connectivity index is 0.000000227. The molecule has 2 aromatic carbocycles. The number of aldehydes is 1. The number of carbonyl (C=O) groups is 1. The van der Waals surface area contributed by atoms with Gasteiger partial charge < -0.3 is 30.7 Å². The lowest BCUT2D eigenvalue weighted by Crippen LogP contribution is -2.22. The average Bonchev–Trinajstić information content (AvgIpc) is 3.53. The largest absolute Gasteiger partial charge is 0.496 e.